The Hall–Kier alpha value is -1.12. The van der Waals surface area contributed by atoms with Gasteiger partial charge in [-0.3, -0.25) is 0 Å². The lowest BCUT2D eigenvalue weighted by Gasteiger charge is -2.03. The second kappa shape index (κ2) is 5.51. The van der Waals surface area contributed by atoms with Gasteiger partial charge >= 0.3 is 0 Å². The fourth-order valence-electron chi connectivity index (χ4n) is 1.19. The standard InChI is InChI=1S/C11H16N2/c1-2-6-13-9-11-5-3-4-10(7-11)8-12/h2-5,7,13H,1,6,8-9,12H2. The van der Waals surface area contributed by atoms with Gasteiger partial charge < -0.3 is 11.1 Å². The van der Waals surface area contributed by atoms with E-state index in [1.807, 2.05) is 18.2 Å². The number of hydrogen-bond donors (Lipinski definition) is 2. The Bertz CT molecular complexity index is 269. The number of nitrogens with two attached hydrogens (primary N) is 1. The van der Waals surface area contributed by atoms with E-state index in [9.17, 15) is 0 Å². The molecule has 0 saturated heterocycles. The molecule has 0 spiro atoms. The lowest BCUT2D eigenvalue weighted by molar-refractivity contribution is 0.759. The smallest absolute Gasteiger partial charge is 0.0208 e. The molecule has 2 heteroatoms. The summed E-state index contributed by atoms with van der Waals surface area (Å²) in [5, 5.41) is 3.24. The van der Waals surface area contributed by atoms with Gasteiger partial charge in [-0.1, -0.05) is 30.3 Å². The van der Waals surface area contributed by atoms with Crippen LogP contribution in [0.1, 0.15) is 11.1 Å². The number of hydrogen-bond acceptors (Lipinski definition) is 2. The Morgan fingerprint density at radius 3 is 2.85 bits per heavy atom. The highest BCUT2D eigenvalue weighted by atomic mass is 14.8. The van der Waals surface area contributed by atoms with E-state index < -0.39 is 0 Å². The van der Waals surface area contributed by atoms with Crippen LogP contribution in [0.25, 0.3) is 0 Å². The maximum atomic E-state index is 5.54. The van der Waals surface area contributed by atoms with Crippen LogP contribution in [-0.4, -0.2) is 6.54 Å². The van der Waals surface area contributed by atoms with Crippen molar-refractivity contribution in [1.82, 2.24) is 5.32 Å². The van der Waals surface area contributed by atoms with E-state index >= 15 is 0 Å². The van der Waals surface area contributed by atoms with Gasteiger partial charge in [-0.05, 0) is 11.1 Å². The van der Waals surface area contributed by atoms with E-state index in [0.717, 1.165) is 13.1 Å². The first kappa shape index (κ1) is 9.96. The normalized spacial score (nSPS) is 9.92. The van der Waals surface area contributed by atoms with Crippen molar-refractivity contribution in [2.75, 3.05) is 6.54 Å². The third-order valence-corrected chi connectivity index (χ3v) is 1.84. The van der Waals surface area contributed by atoms with Crippen LogP contribution < -0.4 is 11.1 Å². The Kier molecular flexibility index (Phi) is 4.23. The summed E-state index contributed by atoms with van der Waals surface area (Å²) >= 11 is 0. The van der Waals surface area contributed by atoms with Gasteiger partial charge in [-0.25, -0.2) is 0 Å². The predicted octanol–water partition coefficient (Wildman–Crippen LogP) is 1.42. The Balaban J connectivity index is 2.50. The molecule has 2 nitrogen and oxygen atoms in total. The molecule has 1 aromatic carbocycles. The third kappa shape index (κ3) is 3.40. The zero-order chi connectivity index (χ0) is 9.52. The number of rotatable bonds is 5. The maximum absolute atomic E-state index is 5.54. The van der Waals surface area contributed by atoms with Crippen molar-refractivity contribution in [2.24, 2.45) is 5.73 Å². The lowest BCUT2D eigenvalue weighted by atomic mass is 10.1. The van der Waals surface area contributed by atoms with Crippen LogP contribution >= 0.6 is 0 Å². The summed E-state index contributed by atoms with van der Waals surface area (Å²) in [4.78, 5) is 0. The van der Waals surface area contributed by atoms with Gasteiger partial charge in [-0.15, -0.1) is 6.58 Å². The molecular formula is C11H16N2. The second-order valence-corrected chi connectivity index (χ2v) is 2.94. The average molecular weight is 176 g/mol. The SMILES string of the molecule is C=CCNCc1cccc(CN)c1. The van der Waals surface area contributed by atoms with E-state index in [2.05, 4.69) is 24.0 Å². The van der Waals surface area contributed by atoms with Crippen molar-refractivity contribution in [3.8, 4) is 0 Å². The molecule has 0 aromatic heterocycles. The van der Waals surface area contributed by atoms with Gasteiger partial charge in [0.1, 0.15) is 0 Å². The molecule has 13 heavy (non-hydrogen) atoms. The van der Waals surface area contributed by atoms with Crippen molar-refractivity contribution in [3.63, 3.8) is 0 Å². The van der Waals surface area contributed by atoms with Crippen LogP contribution in [0.15, 0.2) is 36.9 Å². The third-order valence-electron chi connectivity index (χ3n) is 1.84. The predicted molar refractivity (Wildman–Crippen MR) is 56.2 cm³/mol. The highest BCUT2D eigenvalue weighted by Gasteiger charge is 1.92. The summed E-state index contributed by atoms with van der Waals surface area (Å²) in [6.07, 6.45) is 1.85. The zero-order valence-corrected chi connectivity index (χ0v) is 7.79. The topological polar surface area (TPSA) is 38.0 Å². The largest absolute Gasteiger partial charge is 0.326 e. The van der Waals surface area contributed by atoms with Crippen LogP contribution in [0.4, 0.5) is 0 Å². The highest BCUT2D eigenvalue weighted by Crippen LogP contribution is 2.03. The minimum Gasteiger partial charge on any atom is -0.326 e. The number of benzene rings is 1. The Morgan fingerprint density at radius 2 is 2.15 bits per heavy atom. The van der Waals surface area contributed by atoms with E-state index in [1.165, 1.54) is 11.1 Å². The molecule has 0 aliphatic rings. The van der Waals surface area contributed by atoms with E-state index in [-0.39, 0.29) is 0 Å². The molecule has 3 N–H and O–H groups in total. The molecule has 0 aliphatic heterocycles. The molecule has 0 atom stereocenters. The van der Waals surface area contributed by atoms with Crippen molar-refractivity contribution in [1.29, 1.82) is 0 Å². The van der Waals surface area contributed by atoms with Crippen molar-refractivity contribution < 1.29 is 0 Å². The molecule has 0 amide bonds. The summed E-state index contributed by atoms with van der Waals surface area (Å²) in [7, 11) is 0. The van der Waals surface area contributed by atoms with Gasteiger partial charge in [0, 0.05) is 19.6 Å². The minimum absolute atomic E-state index is 0.606. The van der Waals surface area contributed by atoms with E-state index in [0.29, 0.717) is 6.54 Å². The molecule has 0 unspecified atom stereocenters. The molecule has 0 radical (unpaired) electrons. The van der Waals surface area contributed by atoms with Gasteiger partial charge in [0.2, 0.25) is 0 Å². The number of nitrogens with one attached hydrogen (secondary N) is 1. The molecule has 0 saturated carbocycles. The van der Waals surface area contributed by atoms with E-state index in [4.69, 9.17) is 5.73 Å². The van der Waals surface area contributed by atoms with Crippen LogP contribution in [-0.2, 0) is 13.1 Å². The molecule has 0 bridgehead atoms. The van der Waals surface area contributed by atoms with Crippen LogP contribution in [0.3, 0.4) is 0 Å². The van der Waals surface area contributed by atoms with Crippen molar-refractivity contribution >= 4 is 0 Å². The monoisotopic (exact) mass is 176 g/mol. The molecule has 70 valence electrons. The Labute approximate surface area is 79.5 Å². The fraction of sp³-hybridized carbons (Fsp3) is 0.273. The average Bonchev–Trinajstić information content (AvgIpc) is 2.19. The summed E-state index contributed by atoms with van der Waals surface area (Å²) in [5.41, 5.74) is 7.98. The van der Waals surface area contributed by atoms with Gasteiger partial charge in [0.15, 0.2) is 0 Å². The summed E-state index contributed by atoms with van der Waals surface area (Å²) in [5.74, 6) is 0. The first-order chi connectivity index (χ1) is 6.36. The lowest BCUT2D eigenvalue weighted by Crippen LogP contribution is -2.12. The van der Waals surface area contributed by atoms with Crippen LogP contribution in [0.2, 0.25) is 0 Å². The van der Waals surface area contributed by atoms with Crippen molar-refractivity contribution in [2.45, 2.75) is 13.1 Å². The second-order valence-electron chi connectivity index (χ2n) is 2.94. The summed E-state index contributed by atoms with van der Waals surface area (Å²) < 4.78 is 0. The summed E-state index contributed by atoms with van der Waals surface area (Å²) in [6, 6.07) is 8.29. The zero-order valence-electron chi connectivity index (χ0n) is 7.79. The molecular weight excluding hydrogens is 160 g/mol. The summed E-state index contributed by atoms with van der Waals surface area (Å²) in [6.45, 7) is 5.96. The van der Waals surface area contributed by atoms with E-state index in [1.54, 1.807) is 0 Å². The highest BCUT2D eigenvalue weighted by molar-refractivity contribution is 5.23. The molecule has 0 fully saturated rings. The molecule has 1 rings (SSSR count). The first-order valence-corrected chi connectivity index (χ1v) is 4.46. The fourth-order valence-corrected chi connectivity index (χ4v) is 1.19. The Morgan fingerprint density at radius 1 is 1.38 bits per heavy atom. The quantitative estimate of drug-likeness (QED) is 0.526. The van der Waals surface area contributed by atoms with Gasteiger partial charge in [-0.2, -0.15) is 0 Å². The molecule has 0 aliphatic carbocycles. The van der Waals surface area contributed by atoms with Crippen LogP contribution in [0, 0.1) is 0 Å². The minimum atomic E-state index is 0.606. The van der Waals surface area contributed by atoms with Gasteiger partial charge in [0.25, 0.3) is 0 Å². The molecule has 1 aromatic rings. The van der Waals surface area contributed by atoms with Crippen molar-refractivity contribution in [3.05, 3.63) is 48.0 Å². The molecule has 0 heterocycles. The maximum Gasteiger partial charge on any atom is 0.0208 e. The van der Waals surface area contributed by atoms with Gasteiger partial charge in [0.05, 0.1) is 0 Å². The van der Waals surface area contributed by atoms with Crippen LogP contribution in [0.5, 0.6) is 0 Å². The first-order valence-electron chi connectivity index (χ1n) is 4.46.